The molecule has 1 fully saturated rings. The molecule has 2 rings (SSSR count). The minimum absolute atomic E-state index is 0.151. The van der Waals surface area contributed by atoms with E-state index >= 15 is 0 Å². The van der Waals surface area contributed by atoms with E-state index in [-0.39, 0.29) is 10.9 Å². The van der Waals surface area contributed by atoms with Gasteiger partial charge in [-0.15, -0.1) is 0 Å². The molecule has 0 aliphatic heterocycles. The topological polar surface area (TPSA) is 46.2 Å². The van der Waals surface area contributed by atoms with Gasteiger partial charge in [0.25, 0.3) is 0 Å². The number of anilines is 1. The van der Waals surface area contributed by atoms with Gasteiger partial charge in [0.2, 0.25) is 9.84 Å². The zero-order chi connectivity index (χ0) is 15.5. The molecule has 2 atom stereocenters. The molecule has 0 bridgehead atoms. The lowest BCUT2D eigenvalue weighted by Crippen LogP contribution is -2.32. The largest absolute Gasteiger partial charge is 0.381 e. The van der Waals surface area contributed by atoms with Crippen LogP contribution in [0, 0.1) is 5.92 Å². The smallest absolute Gasteiger partial charge is 0.341 e. The van der Waals surface area contributed by atoms with Crippen LogP contribution in [0.5, 0.6) is 0 Å². The van der Waals surface area contributed by atoms with E-state index in [0.717, 1.165) is 25.7 Å². The predicted molar refractivity (Wildman–Crippen MR) is 79.3 cm³/mol. The van der Waals surface area contributed by atoms with Crippen molar-refractivity contribution >= 4 is 15.5 Å². The molecular weight excluding hydrogens is 296 g/mol. The normalized spacial score (nSPS) is 23.2. The van der Waals surface area contributed by atoms with Crippen molar-refractivity contribution in [3.63, 3.8) is 0 Å². The number of halogens is 2. The van der Waals surface area contributed by atoms with Gasteiger partial charge in [-0.2, -0.15) is 8.78 Å². The van der Waals surface area contributed by atoms with Crippen LogP contribution in [0.25, 0.3) is 0 Å². The third kappa shape index (κ3) is 3.54. The molecule has 3 nitrogen and oxygen atoms in total. The lowest BCUT2D eigenvalue weighted by atomic mass is 9.83. The molecule has 1 aromatic carbocycles. The Kier molecular flexibility index (Phi) is 5.19. The maximum Gasteiger partial charge on any atom is 0.341 e. The molecule has 0 radical (unpaired) electrons. The van der Waals surface area contributed by atoms with E-state index in [4.69, 9.17) is 0 Å². The molecule has 118 valence electrons. The van der Waals surface area contributed by atoms with Crippen molar-refractivity contribution in [2.45, 2.75) is 55.7 Å². The van der Waals surface area contributed by atoms with Gasteiger partial charge in [-0.05, 0) is 30.9 Å². The Morgan fingerprint density at radius 2 is 1.90 bits per heavy atom. The average molecular weight is 317 g/mol. The van der Waals surface area contributed by atoms with Gasteiger partial charge in [0.15, 0.2) is 0 Å². The summed E-state index contributed by atoms with van der Waals surface area (Å²) in [6.45, 7) is 2.10. The van der Waals surface area contributed by atoms with Gasteiger partial charge < -0.3 is 5.32 Å². The van der Waals surface area contributed by atoms with Crippen LogP contribution < -0.4 is 5.32 Å². The van der Waals surface area contributed by atoms with Crippen molar-refractivity contribution in [1.82, 2.24) is 0 Å². The first-order chi connectivity index (χ1) is 9.96. The van der Waals surface area contributed by atoms with Gasteiger partial charge in [-0.3, -0.25) is 0 Å². The molecule has 1 aromatic rings. The number of nitrogens with one attached hydrogen (secondary N) is 1. The van der Waals surface area contributed by atoms with Gasteiger partial charge in [0.1, 0.15) is 0 Å². The second kappa shape index (κ2) is 6.73. The minimum Gasteiger partial charge on any atom is -0.381 e. The van der Waals surface area contributed by atoms with E-state index in [1.807, 2.05) is 0 Å². The van der Waals surface area contributed by atoms with E-state index in [1.165, 1.54) is 18.6 Å². The predicted octanol–water partition coefficient (Wildman–Crippen LogP) is 4.06. The molecule has 0 aromatic heterocycles. The van der Waals surface area contributed by atoms with Crippen molar-refractivity contribution in [2.24, 2.45) is 5.92 Å². The number of benzene rings is 1. The van der Waals surface area contributed by atoms with Gasteiger partial charge in [0.05, 0.1) is 10.6 Å². The van der Waals surface area contributed by atoms with Crippen LogP contribution in [-0.2, 0) is 9.84 Å². The SMILES string of the molecule is CCC1CCCCC1Nc1ccccc1S(=O)(=O)C(F)F. The second-order valence-electron chi connectivity index (χ2n) is 5.51. The lowest BCUT2D eigenvalue weighted by Gasteiger charge is -2.32. The number of para-hydroxylation sites is 1. The van der Waals surface area contributed by atoms with Crippen molar-refractivity contribution in [3.05, 3.63) is 24.3 Å². The zero-order valence-electron chi connectivity index (χ0n) is 12.1. The summed E-state index contributed by atoms with van der Waals surface area (Å²) in [5.41, 5.74) is 0.295. The van der Waals surface area contributed by atoms with Crippen molar-refractivity contribution in [3.8, 4) is 0 Å². The summed E-state index contributed by atoms with van der Waals surface area (Å²) < 4.78 is 49.1. The van der Waals surface area contributed by atoms with E-state index in [0.29, 0.717) is 11.6 Å². The Bertz CT molecular complexity index is 575. The first-order valence-corrected chi connectivity index (χ1v) is 8.89. The Balaban J connectivity index is 2.28. The molecular formula is C15H21F2NO2S. The Morgan fingerprint density at radius 3 is 2.57 bits per heavy atom. The van der Waals surface area contributed by atoms with E-state index in [2.05, 4.69) is 12.2 Å². The summed E-state index contributed by atoms with van der Waals surface area (Å²) in [7, 11) is -4.58. The average Bonchev–Trinajstić information content (AvgIpc) is 2.48. The summed E-state index contributed by atoms with van der Waals surface area (Å²) in [4.78, 5) is -0.305. The van der Waals surface area contributed by atoms with E-state index < -0.39 is 15.6 Å². The van der Waals surface area contributed by atoms with Gasteiger partial charge in [-0.1, -0.05) is 38.3 Å². The summed E-state index contributed by atoms with van der Waals surface area (Å²) >= 11 is 0. The van der Waals surface area contributed by atoms with Gasteiger partial charge in [0, 0.05) is 6.04 Å². The van der Waals surface area contributed by atoms with Crippen molar-refractivity contribution in [2.75, 3.05) is 5.32 Å². The van der Waals surface area contributed by atoms with Crippen LogP contribution in [0.2, 0.25) is 0 Å². The van der Waals surface area contributed by atoms with Crippen LogP contribution in [0.1, 0.15) is 39.0 Å². The summed E-state index contributed by atoms with van der Waals surface area (Å²) in [6, 6.07) is 6.09. The summed E-state index contributed by atoms with van der Waals surface area (Å²) in [5, 5.41) is 3.20. The Labute approximate surface area is 124 Å². The number of alkyl halides is 2. The number of hydrogen-bond acceptors (Lipinski definition) is 3. The molecule has 1 aliphatic carbocycles. The lowest BCUT2D eigenvalue weighted by molar-refractivity contribution is 0.235. The molecule has 0 heterocycles. The monoisotopic (exact) mass is 317 g/mol. The molecule has 0 amide bonds. The van der Waals surface area contributed by atoms with Crippen LogP contribution in [0.4, 0.5) is 14.5 Å². The molecule has 21 heavy (non-hydrogen) atoms. The fraction of sp³-hybridized carbons (Fsp3) is 0.600. The quantitative estimate of drug-likeness (QED) is 0.890. The Hall–Kier alpha value is -1.17. The van der Waals surface area contributed by atoms with Crippen LogP contribution in [-0.4, -0.2) is 20.2 Å². The first-order valence-electron chi connectivity index (χ1n) is 7.34. The van der Waals surface area contributed by atoms with E-state index in [9.17, 15) is 17.2 Å². The molecule has 0 saturated heterocycles. The fourth-order valence-corrected chi connectivity index (χ4v) is 3.91. The van der Waals surface area contributed by atoms with Crippen LogP contribution in [0.15, 0.2) is 29.2 Å². The molecule has 0 spiro atoms. The number of rotatable bonds is 5. The standard InChI is InChI=1S/C15H21F2NO2S/c1-2-11-7-3-4-8-12(11)18-13-9-5-6-10-14(13)21(19,20)15(16)17/h5-6,9-12,15,18H,2-4,7-8H2,1H3. The summed E-state index contributed by atoms with van der Waals surface area (Å²) in [5.74, 6) is -2.94. The molecule has 6 heteroatoms. The zero-order valence-corrected chi connectivity index (χ0v) is 12.9. The number of hydrogen-bond donors (Lipinski definition) is 1. The van der Waals surface area contributed by atoms with Crippen LogP contribution in [0.3, 0.4) is 0 Å². The van der Waals surface area contributed by atoms with Crippen molar-refractivity contribution < 1.29 is 17.2 Å². The minimum atomic E-state index is -4.58. The molecule has 1 N–H and O–H groups in total. The molecule has 1 aliphatic rings. The van der Waals surface area contributed by atoms with Crippen LogP contribution >= 0.6 is 0 Å². The number of sulfone groups is 1. The highest BCUT2D eigenvalue weighted by atomic mass is 32.2. The van der Waals surface area contributed by atoms with E-state index in [1.54, 1.807) is 12.1 Å². The molecule has 1 saturated carbocycles. The van der Waals surface area contributed by atoms with Gasteiger partial charge >= 0.3 is 5.76 Å². The first kappa shape index (κ1) is 16.2. The highest BCUT2D eigenvalue weighted by Crippen LogP contribution is 2.32. The second-order valence-corrected chi connectivity index (χ2v) is 7.39. The highest BCUT2D eigenvalue weighted by Gasteiger charge is 2.31. The Morgan fingerprint density at radius 1 is 1.24 bits per heavy atom. The summed E-state index contributed by atoms with van der Waals surface area (Å²) in [6.07, 6.45) is 5.30. The fourth-order valence-electron chi connectivity index (χ4n) is 3.02. The van der Waals surface area contributed by atoms with Crippen molar-refractivity contribution in [1.29, 1.82) is 0 Å². The third-order valence-electron chi connectivity index (χ3n) is 4.20. The molecule has 2 unspecified atom stereocenters. The highest BCUT2D eigenvalue weighted by molar-refractivity contribution is 7.91. The van der Waals surface area contributed by atoms with Gasteiger partial charge in [-0.25, -0.2) is 8.42 Å². The maximum atomic E-state index is 12.8. The maximum absolute atomic E-state index is 12.8. The third-order valence-corrected chi connectivity index (χ3v) is 5.64.